The average molecular weight is 756 g/mol. The van der Waals surface area contributed by atoms with Crippen molar-refractivity contribution >= 4 is 74.9 Å². The molecule has 0 bridgehead atoms. The van der Waals surface area contributed by atoms with Gasteiger partial charge in [-0.3, -0.25) is 4.57 Å². The maximum absolute atomic E-state index is 5.41. The molecule has 270 valence electrons. The van der Waals surface area contributed by atoms with Crippen molar-refractivity contribution < 1.29 is 0 Å². The number of nitrogens with zero attached hydrogens (tertiary/aromatic N) is 3. The third kappa shape index (κ3) is 5.12. The Labute approximate surface area is 338 Å². The molecule has 0 unspecified atom stereocenters. The molecule has 12 aromatic rings. The Kier molecular flexibility index (Phi) is 7.40. The van der Waals surface area contributed by atoms with Crippen molar-refractivity contribution in [2.75, 3.05) is 0 Å². The van der Waals surface area contributed by atoms with Gasteiger partial charge in [-0.05, 0) is 62.7 Å². The Bertz CT molecular complexity index is 3470. The lowest BCUT2D eigenvalue weighted by atomic mass is 9.96. The molecule has 0 saturated carbocycles. The lowest BCUT2D eigenvalue weighted by Crippen LogP contribution is -2.04. The minimum Gasteiger partial charge on any atom is -0.277 e. The second-order valence-electron chi connectivity index (χ2n) is 14.9. The van der Waals surface area contributed by atoms with E-state index in [1.54, 1.807) is 0 Å². The number of hydrogen-bond acceptors (Lipinski definition) is 3. The Morgan fingerprint density at radius 2 is 0.897 bits per heavy atom. The zero-order valence-corrected chi connectivity index (χ0v) is 32.1. The van der Waals surface area contributed by atoms with Crippen LogP contribution in [0.15, 0.2) is 200 Å². The molecule has 3 aromatic heterocycles. The molecule has 0 aliphatic rings. The van der Waals surface area contributed by atoms with E-state index in [-0.39, 0.29) is 0 Å². The summed E-state index contributed by atoms with van der Waals surface area (Å²) in [6.07, 6.45) is 0. The zero-order chi connectivity index (χ0) is 38.2. The molecule has 3 nitrogen and oxygen atoms in total. The van der Waals surface area contributed by atoms with Crippen LogP contribution in [0.3, 0.4) is 0 Å². The Hall–Kier alpha value is -7.40. The number of fused-ring (bicyclic) bond motifs is 12. The van der Waals surface area contributed by atoms with Crippen molar-refractivity contribution in [1.82, 2.24) is 14.5 Å². The SMILES string of the molecule is c1ccc(-c2ccc(-c3ccc4sc5c(c4c3)c3ccccc3c3c5c4c5ccccc5ccc4n3-c3nc(-c4ccccc4)cc(-c4ccccc4)n3)cc2)cc1. The van der Waals surface area contributed by atoms with Crippen LogP contribution in [0, 0.1) is 0 Å². The van der Waals surface area contributed by atoms with Crippen LogP contribution in [-0.2, 0) is 0 Å². The monoisotopic (exact) mass is 755 g/mol. The van der Waals surface area contributed by atoms with E-state index in [1.807, 2.05) is 11.3 Å². The number of rotatable bonds is 5. The minimum atomic E-state index is 0.655. The van der Waals surface area contributed by atoms with Crippen LogP contribution in [0.25, 0.3) is 114 Å². The second kappa shape index (κ2) is 13.1. The Morgan fingerprint density at radius 1 is 0.362 bits per heavy atom. The van der Waals surface area contributed by atoms with Gasteiger partial charge < -0.3 is 0 Å². The van der Waals surface area contributed by atoms with E-state index >= 15 is 0 Å². The number of thiophene rings is 1. The van der Waals surface area contributed by atoms with Gasteiger partial charge in [0.2, 0.25) is 5.95 Å². The molecule has 3 heterocycles. The first-order valence-electron chi connectivity index (χ1n) is 19.7. The Morgan fingerprint density at radius 3 is 1.57 bits per heavy atom. The summed E-state index contributed by atoms with van der Waals surface area (Å²) < 4.78 is 4.89. The van der Waals surface area contributed by atoms with Gasteiger partial charge in [0.25, 0.3) is 0 Å². The first-order valence-corrected chi connectivity index (χ1v) is 20.5. The van der Waals surface area contributed by atoms with E-state index in [1.165, 1.54) is 74.7 Å². The van der Waals surface area contributed by atoms with Gasteiger partial charge >= 0.3 is 0 Å². The summed E-state index contributed by atoms with van der Waals surface area (Å²) in [5.41, 5.74) is 11.0. The predicted molar refractivity (Wildman–Crippen MR) is 246 cm³/mol. The van der Waals surface area contributed by atoms with Gasteiger partial charge in [0.05, 0.1) is 22.4 Å². The first-order chi connectivity index (χ1) is 28.8. The van der Waals surface area contributed by atoms with Crippen molar-refractivity contribution in [3.63, 3.8) is 0 Å². The third-order valence-electron chi connectivity index (χ3n) is 11.6. The highest BCUT2D eigenvalue weighted by atomic mass is 32.1. The fourth-order valence-corrected chi connectivity index (χ4v) is 10.2. The summed E-state index contributed by atoms with van der Waals surface area (Å²) in [7, 11) is 0. The average Bonchev–Trinajstić information content (AvgIpc) is 3.87. The molecule has 0 amide bonds. The van der Waals surface area contributed by atoms with Gasteiger partial charge in [-0.25, -0.2) is 9.97 Å². The summed E-state index contributed by atoms with van der Waals surface area (Å²) in [5.74, 6) is 0.655. The van der Waals surface area contributed by atoms with E-state index in [0.717, 1.165) is 33.5 Å². The molecule has 9 aromatic carbocycles. The van der Waals surface area contributed by atoms with Crippen LogP contribution in [0.5, 0.6) is 0 Å². The van der Waals surface area contributed by atoms with Gasteiger partial charge in [-0.15, -0.1) is 11.3 Å². The number of aromatic nitrogens is 3. The topological polar surface area (TPSA) is 30.7 Å². The quantitative estimate of drug-likeness (QED) is 0.175. The smallest absolute Gasteiger partial charge is 0.235 e. The molecular formula is C54H33N3S. The largest absolute Gasteiger partial charge is 0.277 e. The molecule has 0 spiro atoms. The lowest BCUT2D eigenvalue weighted by molar-refractivity contribution is 0.998. The molecule has 58 heavy (non-hydrogen) atoms. The summed E-state index contributed by atoms with van der Waals surface area (Å²) >= 11 is 1.89. The van der Waals surface area contributed by atoms with E-state index in [4.69, 9.17) is 9.97 Å². The highest BCUT2D eigenvalue weighted by Gasteiger charge is 2.25. The molecular weight excluding hydrogens is 723 g/mol. The molecule has 0 aliphatic heterocycles. The van der Waals surface area contributed by atoms with Crippen LogP contribution in [0.1, 0.15) is 0 Å². The molecule has 0 N–H and O–H groups in total. The van der Waals surface area contributed by atoms with Gasteiger partial charge in [0.1, 0.15) is 0 Å². The van der Waals surface area contributed by atoms with Crippen LogP contribution in [0.2, 0.25) is 0 Å². The lowest BCUT2D eigenvalue weighted by Gasteiger charge is -2.13. The Balaban J connectivity index is 1.18. The molecule has 4 heteroatoms. The summed E-state index contributed by atoms with van der Waals surface area (Å²) in [4.78, 5) is 10.8. The van der Waals surface area contributed by atoms with Gasteiger partial charge in [-0.2, -0.15) is 0 Å². The van der Waals surface area contributed by atoms with Crippen molar-refractivity contribution in [3.8, 4) is 50.7 Å². The molecule has 0 saturated heterocycles. The minimum absolute atomic E-state index is 0.655. The van der Waals surface area contributed by atoms with Gasteiger partial charge in [0, 0.05) is 47.5 Å². The molecule has 12 rings (SSSR count). The predicted octanol–water partition coefficient (Wildman–Crippen LogP) is 14.9. The standard InChI is InChI=1S/C54H33N3S/c1-4-14-34(15-5-1)35-24-26-36(27-25-35)40-29-31-48-44(32-40)49-42-22-12-13-23-43(42)52-51(53(49)58-48)50-41-21-11-10-16-37(41)28-30-47(50)57(52)54-55-45(38-17-6-2-7-18-38)33-46(56-54)39-19-8-3-9-20-39/h1-33H. The zero-order valence-electron chi connectivity index (χ0n) is 31.3. The van der Waals surface area contributed by atoms with Crippen LogP contribution in [0.4, 0.5) is 0 Å². The molecule has 0 aliphatic carbocycles. The fraction of sp³-hybridized carbons (Fsp3) is 0. The first kappa shape index (κ1) is 32.8. The van der Waals surface area contributed by atoms with Crippen molar-refractivity contribution in [1.29, 1.82) is 0 Å². The third-order valence-corrected chi connectivity index (χ3v) is 12.8. The highest BCUT2D eigenvalue weighted by Crippen LogP contribution is 2.50. The van der Waals surface area contributed by atoms with Crippen LogP contribution >= 0.6 is 11.3 Å². The normalized spacial score (nSPS) is 11.8. The summed E-state index contributed by atoms with van der Waals surface area (Å²) in [6, 6.07) is 71.8. The molecule has 0 atom stereocenters. The van der Waals surface area contributed by atoms with E-state index in [0.29, 0.717) is 5.95 Å². The van der Waals surface area contributed by atoms with Crippen LogP contribution in [-0.4, -0.2) is 14.5 Å². The maximum atomic E-state index is 5.41. The number of benzene rings is 9. The second-order valence-corrected chi connectivity index (χ2v) is 16.0. The fourth-order valence-electron chi connectivity index (χ4n) is 8.91. The van der Waals surface area contributed by atoms with Gasteiger partial charge in [0.15, 0.2) is 0 Å². The number of hydrogen-bond donors (Lipinski definition) is 0. The van der Waals surface area contributed by atoms with E-state index in [2.05, 4.69) is 205 Å². The summed E-state index contributed by atoms with van der Waals surface area (Å²) in [6.45, 7) is 0. The van der Waals surface area contributed by atoms with Crippen molar-refractivity contribution in [2.45, 2.75) is 0 Å². The highest BCUT2D eigenvalue weighted by molar-refractivity contribution is 7.27. The maximum Gasteiger partial charge on any atom is 0.235 e. The molecule has 0 radical (unpaired) electrons. The molecule has 0 fully saturated rings. The summed E-state index contributed by atoms with van der Waals surface area (Å²) in [5, 5.41) is 9.87. The van der Waals surface area contributed by atoms with E-state index < -0.39 is 0 Å². The van der Waals surface area contributed by atoms with E-state index in [9.17, 15) is 0 Å². The van der Waals surface area contributed by atoms with Crippen molar-refractivity contribution in [2.24, 2.45) is 0 Å². The van der Waals surface area contributed by atoms with Crippen molar-refractivity contribution in [3.05, 3.63) is 200 Å². The van der Waals surface area contributed by atoms with Crippen LogP contribution < -0.4 is 0 Å². The van der Waals surface area contributed by atoms with Gasteiger partial charge in [-0.1, -0.05) is 176 Å².